The maximum Gasteiger partial charge on any atom is 0.226 e. The molecule has 7 heteroatoms. The summed E-state index contributed by atoms with van der Waals surface area (Å²) in [6.07, 6.45) is 4.87. The van der Waals surface area contributed by atoms with Crippen molar-refractivity contribution in [2.45, 2.75) is 39.2 Å². The first kappa shape index (κ1) is 16.5. The lowest BCUT2D eigenvalue weighted by Gasteiger charge is -2.24. The van der Waals surface area contributed by atoms with E-state index in [-0.39, 0.29) is 11.8 Å². The molecule has 0 fully saturated rings. The van der Waals surface area contributed by atoms with Crippen molar-refractivity contribution in [1.82, 2.24) is 24.5 Å². The van der Waals surface area contributed by atoms with Crippen LogP contribution in [0.2, 0.25) is 0 Å². The van der Waals surface area contributed by atoms with Gasteiger partial charge < -0.3 is 5.32 Å². The summed E-state index contributed by atoms with van der Waals surface area (Å²) in [7, 11) is 1.86. The van der Waals surface area contributed by atoms with E-state index >= 15 is 0 Å². The Morgan fingerprint density at radius 3 is 2.85 bits per heavy atom. The van der Waals surface area contributed by atoms with Gasteiger partial charge in [0.1, 0.15) is 5.82 Å². The Hall–Kier alpha value is -2.96. The summed E-state index contributed by atoms with van der Waals surface area (Å²) >= 11 is 0. The minimum Gasteiger partial charge on any atom is -0.311 e. The number of nitrogens with zero attached hydrogens (tertiary/aromatic N) is 5. The minimum absolute atomic E-state index is 0.0385. The lowest BCUT2D eigenvalue weighted by molar-refractivity contribution is -0.116. The third-order valence-corrected chi connectivity index (χ3v) is 4.91. The molecule has 0 bridgehead atoms. The fraction of sp³-hybridized carbons (Fsp3) is 0.368. The van der Waals surface area contributed by atoms with Crippen molar-refractivity contribution in [2.24, 2.45) is 7.05 Å². The number of aromatic nitrogens is 5. The third-order valence-electron chi connectivity index (χ3n) is 4.91. The van der Waals surface area contributed by atoms with Crippen LogP contribution in [-0.4, -0.2) is 30.5 Å². The number of carbonyl (C=O) groups excluding carboxylic acids is 1. The van der Waals surface area contributed by atoms with Gasteiger partial charge in [-0.2, -0.15) is 10.2 Å². The summed E-state index contributed by atoms with van der Waals surface area (Å²) in [5.41, 5.74) is 5.12. The van der Waals surface area contributed by atoms with E-state index in [4.69, 9.17) is 0 Å². The molecule has 0 aliphatic carbocycles. The normalized spacial score (nSPS) is 16.4. The number of nitrogens with one attached hydrogen (secondary N) is 1. The van der Waals surface area contributed by atoms with Gasteiger partial charge in [0.05, 0.1) is 11.4 Å². The quantitative estimate of drug-likeness (QED) is 0.785. The molecule has 3 aromatic rings. The van der Waals surface area contributed by atoms with Gasteiger partial charge in [0.2, 0.25) is 5.91 Å². The largest absolute Gasteiger partial charge is 0.311 e. The Labute approximate surface area is 152 Å². The van der Waals surface area contributed by atoms with Gasteiger partial charge in [0.25, 0.3) is 0 Å². The molecule has 1 aliphatic heterocycles. The van der Waals surface area contributed by atoms with Crippen molar-refractivity contribution in [1.29, 1.82) is 0 Å². The minimum atomic E-state index is 0.0385. The molecule has 0 spiro atoms. The number of pyridine rings is 1. The van der Waals surface area contributed by atoms with Crippen LogP contribution in [0.3, 0.4) is 0 Å². The van der Waals surface area contributed by atoms with Crippen molar-refractivity contribution in [3.8, 4) is 11.3 Å². The number of fused-ring (bicyclic) bond motifs is 1. The van der Waals surface area contributed by atoms with E-state index in [0.717, 1.165) is 47.0 Å². The average Bonchev–Trinajstić information content (AvgIpc) is 3.12. The summed E-state index contributed by atoms with van der Waals surface area (Å²) in [5.74, 6) is 0.932. The Kier molecular flexibility index (Phi) is 4.06. The van der Waals surface area contributed by atoms with Crippen molar-refractivity contribution in [3.63, 3.8) is 0 Å². The highest BCUT2D eigenvalue weighted by molar-refractivity contribution is 5.95. The Morgan fingerprint density at radius 2 is 2.15 bits per heavy atom. The van der Waals surface area contributed by atoms with Crippen LogP contribution in [0.15, 0.2) is 30.6 Å². The summed E-state index contributed by atoms with van der Waals surface area (Å²) in [6, 6.07) is 5.98. The molecule has 0 unspecified atom stereocenters. The molecule has 0 aromatic carbocycles. The molecule has 1 N–H and O–H groups in total. The van der Waals surface area contributed by atoms with Crippen LogP contribution < -0.4 is 5.32 Å². The number of hydrogen-bond acceptors (Lipinski definition) is 4. The molecule has 4 heterocycles. The summed E-state index contributed by atoms with van der Waals surface area (Å²) in [4.78, 5) is 16.4. The van der Waals surface area contributed by atoms with E-state index < -0.39 is 0 Å². The second-order valence-electron chi connectivity index (χ2n) is 6.86. The third kappa shape index (κ3) is 2.89. The summed E-state index contributed by atoms with van der Waals surface area (Å²) in [6.45, 7) is 4.83. The van der Waals surface area contributed by atoms with E-state index in [1.807, 2.05) is 37.0 Å². The summed E-state index contributed by atoms with van der Waals surface area (Å²) in [5, 5.41) is 12.2. The van der Waals surface area contributed by atoms with Gasteiger partial charge in [-0.25, -0.2) is 0 Å². The van der Waals surface area contributed by atoms with Gasteiger partial charge in [-0.15, -0.1) is 0 Å². The van der Waals surface area contributed by atoms with Gasteiger partial charge in [-0.1, -0.05) is 0 Å². The molecule has 1 amide bonds. The Morgan fingerprint density at radius 1 is 1.31 bits per heavy atom. The van der Waals surface area contributed by atoms with Gasteiger partial charge in [-0.3, -0.25) is 19.1 Å². The predicted octanol–water partition coefficient (Wildman–Crippen LogP) is 2.81. The zero-order valence-corrected chi connectivity index (χ0v) is 15.2. The summed E-state index contributed by atoms with van der Waals surface area (Å²) < 4.78 is 3.77. The first-order valence-corrected chi connectivity index (χ1v) is 8.81. The van der Waals surface area contributed by atoms with Crippen molar-refractivity contribution in [2.75, 3.05) is 5.32 Å². The van der Waals surface area contributed by atoms with E-state index in [2.05, 4.69) is 33.5 Å². The average molecular weight is 350 g/mol. The van der Waals surface area contributed by atoms with Crippen LogP contribution in [-0.2, 0) is 18.4 Å². The van der Waals surface area contributed by atoms with E-state index in [9.17, 15) is 4.79 Å². The zero-order chi connectivity index (χ0) is 18.3. The number of aryl methyl sites for hydroxylation is 4. The predicted molar refractivity (Wildman–Crippen MR) is 98.7 cm³/mol. The second kappa shape index (κ2) is 6.40. The number of amides is 1. The first-order chi connectivity index (χ1) is 12.5. The van der Waals surface area contributed by atoms with Crippen LogP contribution >= 0.6 is 0 Å². The Balaban J connectivity index is 1.70. The number of anilines is 1. The molecule has 134 valence electrons. The fourth-order valence-corrected chi connectivity index (χ4v) is 3.73. The maximum atomic E-state index is 12.2. The van der Waals surface area contributed by atoms with Gasteiger partial charge in [-0.05, 0) is 38.5 Å². The molecule has 0 saturated heterocycles. The fourth-order valence-electron chi connectivity index (χ4n) is 3.73. The topological polar surface area (TPSA) is 77.6 Å². The van der Waals surface area contributed by atoms with E-state index in [1.165, 1.54) is 0 Å². The highest BCUT2D eigenvalue weighted by Crippen LogP contribution is 2.40. The molecule has 7 nitrogen and oxygen atoms in total. The second-order valence-corrected chi connectivity index (χ2v) is 6.86. The molecule has 0 saturated carbocycles. The van der Waals surface area contributed by atoms with Crippen LogP contribution in [0.4, 0.5) is 5.82 Å². The Bertz CT molecular complexity index is 956. The van der Waals surface area contributed by atoms with Crippen LogP contribution in [0.5, 0.6) is 0 Å². The molecular weight excluding hydrogens is 328 g/mol. The van der Waals surface area contributed by atoms with Crippen LogP contribution in [0, 0.1) is 13.8 Å². The highest BCUT2D eigenvalue weighted by atomic mass is 16.1. The van der Waals surface area contributed by atoms with Gasteiger partial charge in [0.15, 0.2) is 0 Å². The standard InChI is InChI=1S/C19H22N6O/c1-12-9-13(2)25(22-12)8-6-14-10-16(26)21-19-17(14)18(23-24(19)3)15-5-4-7-20-11-15/h4-5,7,9,11,14H,6,8,10H2,1-3H3,(H,21,26)/t14-/m1/s1. The van der Waals surface area contributed by atoms with Gasteiger partial charge >= 0.3 is 0 Å². The zero-order valence-electron chi connectivity index (χ0n) is 15.2. The molecule has 3 aromatic heterocycles. The van der Waals surface area contributed by atoms with E-state index in [1.54, 1.807) is 10.9 Å². The SMILES string of the molecule is Cc1cc(C)n(CC[C@@H]2CC(=O)Nc3c2c(-c2cccnc2)nn3C)n1. The monoisotopic (exact) mass is 350 g/mol. The molecule has 0 radical (unpaired) electrons. The number of hydrogen-bond donors (Lipinski definition) is 1. The first-order valence-electron chi connectivity index (χ1n) is 8.81. The van der Waals surface area contributed by atoms with E-state index in [0.29, 0.717) is 6.42 Å². The molecule has 26 heavy (non-hydrogen) atoms. The van der Waals surface area contributed by atoms with Crippen molar-refractivity contribution in [3.05, 3.63) is 47.5 Å². The number of rotatable bonds is 4. The van der Waals surface area contributed by atoms with Crippen molar-refractivity contribution >= 4 is 11.7 Å². The molecule has 4 rings (SSSR count). The molecule has 1 atom stereocenters. The smallest absolute Gasteiger partial charge is 0.226 e. The van der Waals surface area contributed by atoms with Gasteiger partial charge in [0, 0.05) is 55.1 Å². The number of carbonyl (C=O) groups is 1. The highest BCUT2D eigenvalue weighted by Gasteiger charge is 2.32. The lowest BCUT2D eigenvalue weighted by atomic mass is 9.87. The lowest BCUT2D eigenvalue weighted by Crippen LogP contribution is -2.25. The van der Waals surface area contributed by atoms with Crippen molar-refractivity contribution < 1.29 is 4.79 Å². The molecular formula is C19H22N6O. The van der Waals surface area contributed by atoms with Crippen LogP contribution in [0.1, 0.15) is 35.7 Å². The molecule has 1 aliphatic rings. The maximum absolute atomic E-state index is 12.2. The van der Waals surface area contributed by atoms with Crippen LogP contribution in [0.25, 0.3) is 11.3 Å².